The van der Waals surface area contributed by atoms with Crippen molar-refractivity contribution in [1.82, 2.24) is 15.2 Å². The zero-order valence-corrected chi connectivity index (χ0v) is 13.4. The third-order valence-corrected chi connectivity index (χ3v) is 3.92. The molecule has 1 aromatic carbocycles. The van der Waals surface area contributed by atoms with Crippen LogP contribution in [0.25, 0.3) is 10.6 Å². The van der Waals surface area contributed by atoms with E-state index in [0.717, 1.165) is 27.7 Å². The minimum absolute atomic E-state index is 0.277. The Balaban J connectivity index is 1.94. The molecule has 0 spiro atoms. The largest absolute Gasteiger partial charge is 0.492 e. The van der Waals surface area contributed by atoms with E-state index >= 15 is 0 Å². The molecule has 118 valence electrons. The number of nitrogens with one attached hydrogen (secondary N) is 1. The van der Waals surface area contributed by atoms with Gasteiger partial charge in [-0.25, -0.2) is 9.78 Å². The summed E-state index contributed by atoms with van der Waals surface area (Å²) in [6.07, 6.45) is 0.659. The van der Waals surface area contributed by atoms with Crippen LogP contribution in [0.15, 0.2) is 30.5 Å². The van der Waals surface area contributed by atoms with E-state index in [1.165, 1.54) is 11.3 Å². The molecule has 0 fully saturated rings. The Bertz CT molecular complexity index is 611. The lowest BCUT2D eigenvalue weighted by molar-refractivity contribution is 0.194. The Kier molecular flexibility index (Phi) is 5.74. The quantitative estimate of drug-likeness (QED) is 0.819. The van der Waals surface area contributed by atoms with E-state index in [4.69, 9.17) is 9.84 Å². The highest BCUT2D eigenvalue weighted by Crippen LogP contribution is 2.26. The fraction of sp³-hybridized carbons (Fsp3) is 0.333. The van der Waals surface area contributed by atoms with Gasteiger partial charge in [-0.1, -0.05) is 0 Å². The van der Waals surface area contributed by atoms with Gasteiger partial charge in [0, 0.05) is 23.2 Å². The first kappa shape index (κ1) is 16.3. The summed E-state index contributed by atoms with van der Waals surface area (Å²) < 4.78 is 5.64. The molecule has 1 aromatic heterocycles. The number of hydrogen-bond donors (Lipinski definition) is 2. The van der Waals surface area contributed by atoms with Gasteiger partial charge in [0.25, 0.3) is 0 Å². The predicted molar refractivity (Wildman–Crippen MR) is 86.5 cm³/mol. The third-order valence-electron chi connectivity index (χ3n) is 2.88. The van der Waals surface area contributed by atoms with Gasteiger partial charge in [-0.3, -0.25) is 0 Å². The maximum Gasteiger partial charge on any atom is 0.404 e. The third kappa shape index (κ3) is 5.01. The molecule has 2 aromatic rings. The van der Waals surface area contributed by atoms with Gasteiger partial charge in [0.05, 0.1) is 6.54 Å². The van der Waals surface area contributed by atoms with Crippen molar-refractivity contribution in [1.29, 1.82) is 0 Å². The van der Waals surface area contributed by atoms with Crippen LogP contribution in [0.3, 0.4) is 0 Å². The molecular formula is C15H19N3O3S. The van der Waals surface area contributed by atoms with Gasteiger partial charge < -0.3 is 20.1 Å². The predicted octanol–water partition coefficient (Wildman–Crippen LogP) is 2.52. The van der Waals surface area contributed by atoms with E-state index in [0.29, 0.717) is 6.61 Å². The SMILES string of the molecule is CN(C)CCOc1ccc(-c2ncc(CNC(=O)O)s2)cc1. The molecular weight excluding hydrogens is 302 g/mol. The van der Waals surface area contributed by atoms with Gasteiger partial charge in [0.1, 0.15) is 17.4 Å². The Hall–Kier alpha value is -2.12. The number of rotatable bonds is 7. The van der Waals surface area contributed by atoms with E-state index in [1.807, 2.05) is 38.4 Å². The zero-order chi connectivity index (χ0) is 15.9. The number of carboxylic acid groups (broad SMARTS) is 1. The lowest BCUT2D eigenvalue weighted by Gasteiger charge is -2.11. The van der Waals surface area contributed by atoms with Gasteiger partial charge in [0.15, 0.2) is 0 Å². The first-order chi connectivity index (χ1) is 10.5. The maximum atomic E-state index is 10.5. The molecule has 2 N–H and O–H groups in total. The summed E-state index contributed by atoms with van der Waals surface area (Å²) >= 11 is 1.47. The average Bonchev–Trinajstić information content (AvgIpc) is 2.94. The zero-order valence-electron chi connectivity index (χ0n) is 12.6. The number of nitrogens with zero attached hydrogens (tertiary/aromatic N) is 2. The minimum atomic E-state index is -1.03. The molecule has 7 heteroatoms. The molecule has 0 aliphatic rings. The molecule has 0 saturated heterocycles. The highest BCUT2D eigenvalue weighted by molar-refractivity contribution is 7.15. The van der Waals surface area contributed by atoms with E-state index < -0.39 is 6.09 Å². The molecule has 1 amide bonds. The second-order valence-corrected chi connectivity index (χ2v) is 6.08. The van der Waals surface area contributed by atoms with E-state index in [-0.39, 0.29) is 6.54 Å². The second kappa shape index (κ2) is 7.77. The molecule has 0 saturated carbocycles. The van der Waals surface area contributed by atoms with E-state index in [9.17, 15) is 4.79 Å². The monoisotopic (exact) mass is 321 g/mol. The Morgan fingerprint density at radius 2 is 2.09 bits per heavy atom. The number of ether oxygens (including phenoxy) is 1. The van der Waals surface area contributed by atoms with Crippen LogP contribution in [0.4, 0.5) is 4.79 Å². The first-order valence-corrected chi connectivity index (χ1v) is 7.65. The van der Waals surface area contributed by atoms with Crippen LogP contribution < -0.4 is 10.1 Å². The van der Waals surface area contributed by atoms with Gasteiger partial charge in [0.2, 0.25) is 0 Å². The van der Waals surface area contributed by atoms with Crippen LogP contribution in [0.1, 0.15) is 4.88 Å². The van der Waals surface area contributed by atoms with Crippen LogP contribution in [-0.4, -0.2) is 48.3 Å². The molecule has 0 aliphatic heterocycles. The summed E-state index contributed by atoms with van der Waals surface area (Å²) in [4.78, 5) is 17.7. The summed E-state index contributed by atoms with van der Waals surface area (Å²) in [5.41, 5.74) is 0.992. The molecule has 0 radical (unpaired) electrons. The lowest BCUT2D eigenvalue weighted by Crippen LogP contribution is -2.19. The van der Waals surface area contributed by atoms with Crippen molar-refractivity contribution < 1.29 is 14.6 Å². The summed E-state index contributed by atoms with van der Waals surface area (Å²) in [6.45, 7) is 1.79. The van der Waals surface area contributed by atoms with Crippen molar-refractivity contribution in [2.75, 3.05) is 27.2 Å². The number of carbonyl (C=O) groups is 1. The number of benzene rings is 1. The van der Waals surface area contributed by atoms with Gasteiger partial charge in [-0.15, -0.1) is 11.3 Å². The molecule has 22 heavy (non-hydrogen) atoms. The average molecular weight is 321 g/mol. The smallest absolute Gasteiger partial charge is 0.404 e. The summed E-state index contributed by atoms with van der Waals surface area (Å²) in [6, 6.07) is 7.75. The molecule has 6 nitrogen and oxygen atoms in total. The van der Waals surface area contributed by atoms with E-state index in [2.05, 4.69) is 15.2 Å². The van der Waals surface area contributed by atoms with Gasteiger partial charge in [-0.2, -0.15) is 0 Å². The number of hydrogen-bond acceptors (Lipinski definition) is 5. The van der Waals surface area contributed by atoms with Crippen LogP contribution in [-0.2, 0) is 6.54 Å². The molecule has 0 atom stereocenters. The fourth-order valence-corrected chi connectivity index (χ4v) is 2.58. The lowest BCUT2D eigenvalue weighted by atomic mass is 10.2. The van der Waals surface area contributed by atoms with Gasteiger partial charge in [-0.05, 0) is 38.4 Å². The number of amides is 1. The summed E-state index contributed by atoms with van der Waals surface area (Å²) in [5, 5.41) is 11.8. The topological polar surface area (TPSA) is 74.7 Å². The summed E-state index contributed by atoms with van der Waals surface area (Å²) in [7, 11) is 4.01. The van der Waals surface area contributed by atoms with Crippen molar-refractivity contribution in [2.45, 2.75) is 6.54 Å². The molecule has 0 bridgehead atoms. The molecule has 2 rings (SSSR count). The molecule has 0 aliphatic carbocycles. The number of aromatic nitrogens is 1. The van der Waals surface area contributed by atoms with Crippen molar-refractivity contribution in [3.8, 4) is 16.3 Å². The highest BCUT2D eigenvalue weighted by atomic mass is 32.1. The minimum Gasteiger partial charge on any atom is -0.492 e. The van der Waals surface area contributed by atoms with Crippen molar-refractivity contribution in [2.24, 2.45) is 0 Å². The first-order valence-electron chi connectivity index (χ1n) is 6.84. The Labute approximate surface area is 133 Å². The maximum absolute atomic E-state index is 10.5. The normalized spacial score (nSPS) is 10.7. The van der Waals surface area contributed by atoms with Crippen molar-refractivity contribution >= 4 is 17.4 Å². The molecule has 1 heterocycles. The van der Waals surface area contributed by atoms with Crippen LogP contribution in [0.5, 0.6) is 5.75 Å². The standard InChI is InChI=1S/C15H19N3O3S/c1-18(2)7-8-21-12-5-3-11(4-6-12)14-16-9-13(22-14)10-17-15(19)20/h3-6,9,17H,7-8,10H2,1-2H3,(H,19,20). The van der Waals surface area contributed by atoms with Gasteiger partial charge >= 0.3 is 6.09 Å². The van der Waals surface area contributed by atoms with Crippen molar-refractivity contribution in [3.05, 3.63) is 35.3 Å². The van der Waals surface area contributed by atoms with Crippen LogP contribution >= 0.6 is 11.3 Å². The molecule has 0 unspecified atom stereocenters. The summed E-state index contributed by atoms with van der Waals surface area (Å²) in [5.74, 6) is 0.829. The highest BCUT2D eigenvalue weighted by Gasteiger charge is 2.06. The van der Waals surface area contributed by atoms with Crippen LogP contribution in [0, 0.1) is 0 Å². The van der Waals surface area contributed by atoms with Crippen molar-refractivity contribution in [3.63, 3.8) is 0 Å². The Morgan fingerprint density at radius 3 is 2.73 bits per heavy atom. The van der Waals surface area contributed by atoms with Crippen LogP contribution in [0.2, 0.25) is 0 Å². The van der Waals surface area contributed by atoms with E-state index in [1.54, 1.807) is 6.20 Å². The Morgan fingerprint density at radius 1 is 1.36 bits per heavy atom. The fourth-order valence-electron chi connectivity index (χ4n) is 1.73. The number of thiazole rings is 1. The second-order valence-electron chi connectivity index (χ2n) is 4.97. The number of likely N-dealkylation sites (N-methyl/N-ethyl adjacent to an activating group) is 1.